The molecule has 0 aliphatic rings. The standard InChI is InChI=1S/C15H22N4O2/c1-4-13-10-12(11-14(17-2)18-13)15(20)19(7-5-6-16)8-9-21-3/h10-11H,4-5,7-9H2,1-3H3,(H,17,18). The molecule has 0 aromatic carbocycles. The fourth-order valence-corrected chi connectivity index (χ4v) is 1.90. The smallest absolute Gasteiger partial charge is 0.254 e. The maximum atomic E-state index is 12.6. The van der Waals surface area contributed by atoms with E-state index < -0.39 is 0 Å². The van der Waals surface area contributed by atoms with Crippen molar-refractivity contribution in [2.45, 2.75) is 19.8 Å². The lowest BCUT2D eigenvalue weighted by Gasteiger charge is -2.21. The Labute approximate surface area is 125 Å². The number of amides is 1. The fraction of sp³-hybridized carbons (Fsp3) is 0.533. The predicted octanol–water partition coefficient (Wildman–Crippen LogP) is 1.69. The molecule has 1 heterocycles. The van der Waals surface area contributed by atoms with Gasteiger partial charge in [-0.2, -0.15) is 5.26 Å². The second-order valence-corrected chi connectivity index (χ2v) is 4.53. The molecule has 0 radical (unpaired) electrons. The van der Waals surface area contributed by atoms with Crippen LogP contribution in [0.2, 0.25) is 0 Å². The zero-order chi connectivity index (χ0) is 15.7. The van der Waals surface area contributed by atoms with Crippen LogP contribution in [0.25, 0.3) is 0 Å². The minimum absolute atomic E-state index is 0.101. The first-order valence-corrected chi connectivity index (χ1v) is 7.00. The summed E-state index contributed by atoms with van der Waals surface area (Å²) in [6.45, 7) is 3.31. The van der Waals surface area contributed by atoms with Crippen LogP contribution in [0.3, 0.4) is 0 Å². The molecule has 0 spiro atoms. The Morgan fingerprint density at radius 2 is 2.24 bits per heavy atom. The highest BCUT2D eigenvalue weighted by Gasteiger charge is 2.17. The summed E-state index contributed by atoms with van der Waals surface area (Å²) in [7, 11) is 3.36. The molecule has 6 nitrogen and oxygen atoms in total. The van der Waals surface area contributed by atoms with Crippen LogP contribution in [0.1, 0.15) is 29.4 Å². The second-order valence-electron chi connectivity index (χ2n) is 4.53. The molecular weight excluding hydrogens is 268 g/mol. The Hall–Kier alpha value is -2.13. The topological polar surface area (TPSA) is 78.2 Å². The highest BCUT2D eigenvalue weighted by molar-refractivity contribution is 5.95. The lowest BCUT2D eigenvalue weighted by atomic mass is 10.1. The van der Waals surface area contributed by atoms with E-state index in [9.17, 15) is 4.79 Å². The number of aryl methyl sites for hydroxylation is 1. The van der Waals surface area contributed by atoms with Gasteiger partial charge in [-0.1, -0.05) is 6.92 Å². The van der Waals surface area contributed by atoms with Crippen molar-refractivity contribution >= 4 is 11.7 Å². The summed E-state index contributed by atoms with van der Waals surface area (Å²) in [5.41, 5.74) is 1.44. The first-order chi connectivity index (χ1) is 10.2. The number of anilines is 1. The highest BCUT2D eigenvalue weighted by Crippen LogP contribution is 2.13. The Kier molecular flexibility index (Phi) is 7.19. The van der Waals surface area contributed by atoms with Gasteiger partial charge in [0.15, 0.2) is 0 Å². The van der Waals surface area contributed by atoms with Crippen LogP contribution < -0.4 is 5.32 Å². The third-order valence-corrected chi connectivity index (χ3v) is 3.09. The van der Waals surface area contributed by atoms with Crippen molar-refractivity contribution < 1.29 is 9.53 Å². The van der Waals surface area contributed by atoms with E-state index in [-0.39, 0.29) is 5.91 Å². The number of nitriles is 1. The van der Waals surface area contributed by atoms with E-state index in [1.54, 1.807) is 31.2 Å². The molecule has 114 valence electrons. The molecule has 0 saturated heterocycles. The lowest BCUT2D eigenvalue weighted by molar-refractivity contribution is 0.0699. The molecule has 0 aliphatic carbocycles. The van der Waals surface area contributed by atoms with Gasteiger partial charge >= 0.3 is 0 Å². The number of hydrogen-bond acceptors (Lipinski definition) is 5. The monoisotopic (exact) mass is 290 g/mol. The first kappa shape index (κ1) is 16.9. The van der Waals surface area contributed by atoms with Crippen molar-refractivity contribution in [3.05, 3.63) is 23.4 Å². The maximum absolute atomic E-state index is 12.6. The van der Waals surface area contributed by atoms with Gasteiger partial charge in [-0.05, 0) is 18.6 Å². The van der Waals surface area contributed by atoms with Gasteiger partial charge in [0.05, 0.1) is 19.1 Å². The molecule has 1 aromatic rings. The van der Waals surface area contributed by atoms with Crippen LogP contribution in [0, 0.1) is 11.3 Å². The van der Waals surface area contributed by atoms with Crippen LogP contribution in [0.15, 0.2) is 12.1 Å². The van der Waals surface area contributed by atoms with Gasteiger partial charge in [0.2, 0.25) is 0 Å². The summed E-state index contributed by atoms with van der Waals surface area (Å²) >= 11 is 0. The number of carbonyl (C=O) groups excluding carboxylic acids is 1. The summed E-state index contributed by atoms with van der Waals surface area (Å²) in [5, 5.41) is 11.7. The minimum atomic E-state index is -0.101. The third kappa shape index (κ3) is 5.04. The number of nitrogens with zero attached hydrogens (tertiary/aromatic N) is 3. The molecule has 0 bridgehead atoms. The summed E-state index contributed by atoms with van der Waals surface area (Å²) in [6, 6.07) is 5.60. The number of ether oxygens (including phenoxy) is 1. The summed E-state index contributed by atoms with van der Waals surface area (Å²) < 4.78 is 5.03. The minimum Gasteiger partial charge on any atom is -0.383 e. The van der Waals surface area contributed by atoms with E-state index in [4.69, 9.17) is 10.00 Å². The van der Waals surface area contributed by atoms with Crippen molar-refractivity contribution in [3.63, 3.8) is 0 Å². The first-order valence-electron chi connectivity index (χ1n) is 7.00. The van der Waals surface area contributed by atoms with E-state index >= 15 is 0 Å². The molecule has 1 aromatic heterocycles. The van der Waals surface area contributed by atoms with Crippen LogP contribution in [-0.4, -0.2) is 49.6 Å². The summed E-state index contributed by atoms with van der Waals surface area (Å²) in [5.74, 6) is 0.570. The molecule has 1 amide bonds. The van der Waals surface area contributed by atoms with E-state index in [1.807, 2.05) is 6.92 Å². The SMILES string of the molecule is CCc1cc(C(=O)N(CCC#N)CCOC)cc(NC)n1. The average Bonchev–Trinajstić information content (AvgIpc) is 2.53. The van der Waals surface area contributed by atoms with Gasteiger partial charge in [-0.3, -0.25) is 4.79 Å². The summed E-state index contributed by atoms with van der Waals surface area (Å²) in [4.78, 5) is 18.6. The molecule has 0 aliphatic heterocycles. The van der Waals surface area contributed by atoms with Gasteiger partial charge in [0.25, 0.3) is 5.91 Å². The average molecular weight is 290 g/mol. The number of pyridine rings is 1. The Morgan fingerprint density at radius 1 is 1.48 bits per heavy atom. The highest BCUT2D eigenvalue weighted by atomic mass is 16.5. The number of carbonyl (C=O) groups is 1. The van der Waals surface area contributed by atoms with E-state index in [1.165, 1.54) is 0 Å². The molecule has 0 fully saturated rings. The molecular formula is C15H22N4O2. The van der Waals surface area contributed by atoms with Crippen molar-refractivity contribution in [2.24, 2.45) is 0 Å². The quantitative estimate of drug-likeness (QED) is 0.788. The zero-order valence-electron chi connectivity index (χ0n) is 12.8. The fourth-order valence-electron chi connectivity index (χ4n) is 1.90. The molecule has 1 rings (SSSR count). The largest absolute Gasteiger partial charge is 0.383 e. The van der Waals surface area contributed by atoms with Crippen molar-refractivity contribution in [1.29, 1.82) is 5.26 Å². The van der Waals surface area contributed by atoms with Crippen molar-refractivity contribution in [3.8, 4) is 6.07 Å². The number of hydrogen-bond donors (Lipinski definition) is 1. The lowest BCUT2D eigenvalue weighted by Crippen LogP contribution is -2.34. The van der Waals surface area contributed by atoms with Gasteiger partial charge < -0.3 is 15.0 Å². The Bertz CT molecular complexity index is 489. The number of rotatable bonds is 8. The second kappa shape index (κ2) is 8.93. The van der Waals surface area contributed by atoms with E-state index in [0.29, 0.717) is 37.5 Å². The van der Waals surface area contributed by atoms with Gasteiger partial charge in [-0.25, -0.2) is 4.98 Å². The zero-order valence-corrected chi connectivity index (χ0v) is 12.8. The number of nitrogens with one attached hydrogen (secondary N) is 1. The van der Waals surface area contributed by atoms with Gasteiger partial charge in [0.1, 0.15) is 5.82 Å². The third-order valence-electron chi connectivity index (χ3n) is 3.09. The van der Waals surface area contributed by atoms with E-state index in [0.717, 1.165) is 12.1 Å². The Morgan fingerprint density at radius 3 is 2.81 bits per heavy atom. The van der Waals surface area contributed by atoms with Crippen LogP contribution in [0.4, 0.5) is 5.82 Å². The van der Waals surface area contributed by atoms with Crippen LogP contribution in [0.5, 0.6) is 0 Å². The molecule has 0 unspecified atom stereocenters. The molecule has 0 atom stereocenters. The van der Waals surface area contributed by atoms with Gasteiger partial charge in [-0.15, -0.1) is 0 Å². The molecule has 6 heteroatoms. The number of aromatic nitrogens is 1. The van der Waals surface area contributed by atoms with Crippen molar-refractivity contribution in [1.82, 2.24) is 9.88 Å². The van der Waals surface area contributed by atoms with Crippen LogP contribution in [-0.2, 0) is 11.2 Å². The number of methoxy groups -OCH3 is 1. The summed E-state index contributed by atoms with van der Waals surface area (Å²) in [6.07, 6.45) is 1.06. The maximum Gasteiger partial charge on any atom is 0.254 e. The molecule has 21 heavy (non-hydrogen) atoms. The van der Waals surface area contributed by atoms with E-state index in [2.05, 4.69) is 16.4 Å². The van der Waals surface area contributed by atoms with Crippen LogP contribution >= 0.6 is 0 Å². The normalized spacial score (nSPS) is 10.0. The van der Waals surface area contributed by atoms with Crippen molar-refractivity contribution in [2.75, 3.05) is 39.2 Å². The predicted molar refractivity (Wildman–Crippen MR) is 81.2 cm³/mol. The van der Waals surface area contributed by atoms with Gasteiger partial charge in [0, 0.05) is 38.5 Å². The Balaban J connectivity index is 2.98. The molecule has 0 saturated carbocycles. The molecule has 1 N–H and O–H groups in total.